The highest BCUT2D eigenvalue weighted by Gasteiger charge is 2.34. The summed E-state index contributed by atoms with van der Waals surface area (Å²) in [5.74, 6) is -1.14. The molecule has 2 aromatic heterocycles. The predicted octanol–water partition coefficient (Wildman–Crippen LogP) is 3.90. The van der Waals surface area contributed by atoms with Crippen molar-refractivity contribution >= 4 is 0 Å². The Morgan fingerprint density at radius 1 is 1.10 bits per heavy atom. The molecule has 0 saturated heterocycles. The topological polar surface area (TPSA) is 38.7 Å². The smallest absolute Gasteiger partial charge is 0.256 e. The van der Waals surface area contributed by atoms with Crippen LogP contribution in [0.15, 0.2) is 30.7 Å². The van der Waals surface area contributed by atoms with E-state index in [1.54, 1.807) is 6.20 Å². The predicted molar refractivity (Wildman–Crippen MR) is 68.9 cm³/mol. The van der Waals surface area contributed by atoms with Crippen molar-refractivity contribution in [1.29, 1.82) is 0 Å². The van der Waals surface area contributed by atoms with Crippen LogP contribution in [0.3, 0.4) is 0 Å². The number of hydrogen-bond acceptors (Lipinski definition) is 3. The molecule has 0 aliphatic heterocycles. The Kier molecular flexibility index (Phi) is 4.32. The minimum absolute atomic E-state index is 0.483. The number of alkyl halides is 3. The zero-order valence-corrected chi connectivity index (χ0v) is 11.0. The summed E-state index contributed by atoms with van der Waals surface area (Å²) < 4.78 is 37.2. The molecular weight excluding hydrogens is 267 g/mol. The summed E-state index contributed by atoms with van der Waals surface area (Å²) in [6.45, 7) is 2.10. The average Bonchev–Trinajstić information content (AvgIpc) is 2.45. The van der Waals surface area contributed by atoms with Crippen LogP contribution in [-0.2, 0) is 12.6 Å². The number of pyridine rings is 1. The molecule has 0 aromatic carbocycles. The molecule has 2 aromatic rings. The Labute approximate surface area is 114 Å². The molecule has 2 heterocycles. The van der Waals surface area contributed by atoms with Crippen LogP contribution >= 0.6 is 0 Å². The molecule has 0 radical (unpaired) electrons. The SMILES string of the molecule is CCCCc1ccnc(-c2cnc(C(F)(F)F)nc2)c1. The average molecular weight is 281 g/mol. The molecule has 6 heteroatoms. The van der Waals surface area contributed by atoms with Gasteiger partial charge in [-0.25, -0.2) is 9.97 Å². The fraction of sp³-hybridized carbons (Fsp3) is 0.357. The fourth-order valence-electron chi connectivity index (χ4n) is 1.78. The van der Waals surface area contributed by atoms with Crippen molar-refractivity contribution in [3.8, 4) is 11.3 Å². The lowest BCUT2D eigenvalue weighted by atomic mass is 10.1. The molecular formula is C14H14F3N3. The van der Waals surface area contributed by atoms with Gasteiger partial charge in [0.2, 0.25) is 5.82 Å². The van der Waals surface area contributed by atoms with Crippen molar-refractivity contribution in [3.05, 3.63) is 42.1 Å². The van der Waals surface area contributed by atoms with Crippen LogP contribution in [0.5, 0.6) is 0 Å². The van der Waals surface area contributed by atoms with Gasteiger partial charge >= 0.3 is 6.18 Å². The lowest BCUT2D eigenvalue weighted by Crippen LogP contribution is -2.10. The highest BCUT2D eigenvalue weighted by Crippen LogP contribution is 2.26. The van der Waals surface area contributed by atoms with Crippen molar-refractivity contribution in [2.24, 2.45) is 0 Å². The third-order valence-corrected chi connectivity index (χ3v) is 2.84. The second kappa shape index (κ2) is 5.98. The number of rotatable bonds is 4. The molecule has 0 aliphatic carbocycles. The van der Waals surface area contributed by atoms with Crippen LogP contribution in [0.25, 0.3) is 11.3 Å². The Balaban J connectivity index is 2.23. The second-order valence-corrected chi connectivity index (χ2v) is 4.45. The van der Waals surface area contributed by atoms with Gasteiger partial charge in [0.15, 0.2) is 0 Å². The van der Waals surface area contributed by atoms with E-state index in [4.69, 9.17) is 0 Å². The maximum atomic E-state index is 12.4. The maximum Gasteiger partial charge on any atom is 0.451 e. The van der Waals surface area contributed by atoms with Crippen LogP contribution in [0, 0.1) is 0 Å². The van der Waals surface area contributed by atoms with Gasteiger partial charge in [0.05, 0.1) is 5.69 Å². The fourth-order valence-corrected chi connectivity index (χ4v) is 1.78. The van der Waals surface area contributed by atoms with Crippen molar-refractivity contribution in [2.75, 3.05) is 0 Å². The first-order valence-corrected chi connectivity index (χ1v) is 6.35. The number of aryl methyl sites for hydroxylation is 1. The van der Waals surface area contributed by atoms with Gasteiger partial charge in [-0.15, -0.1) is 0 Å². The zero-order chi connectivity index (χ0) is 14.6. The summed E-state index contributed by atoms with van der Waals surface area (Å²) in [6.07, 6.45) is 2.51. The van der Waals surface area contributed by atoms with Gasteiger partial charge in [-0.1, -0.05) is 13.3 Å². The van der Waals surface area contributed by atoms with Gasteiger partial charge in [-0.3, -0.25) is 4.98 Å². The summed E-state index contributed by atoms with van der Waals surface area (Å²) in [4.78, 5) is 10.8. The minimum Gasteiger partial charge on any atom is -0.256 e. The van der Waals surface area contributed by atoms with E-state index < -0.39 is 12.0 Å². The van der Waals surface area contributed by atoms with E-state index in [1.807, 2.05) is 12.1 Å². The monoisotopic (exact) mass is 281 g/mol. The van der Waals surface area contributed by atoms with Gasteiger partial charge in [0, 0.05) is 24.2 Å². The zero-order valence-electron chi connectivity index (χ0n) is 11.0. The van der Waals surface area contributed by atoms with Crippen molar-refractivity contribution in [1.82, 2.24) is 15.0 Å². The summed E-state index contributed by atoms with van der Waals surface area (Å²) >= 11 is 0. The standard InChI is InChI=1S/C14H14F3N3/c1-2-3-4-10-5-6-18-12(7-10)11-8-19-13(20-9-11)14(15,16)17/h5-9H,2-4H2,1H3. The number of halogens is 3. The normalized spacial score (nSPS) is 11.6. The number of hydrogen-bond donors (Lipinski definition) is 0. The first-order valence-electron chi connectivity index (χ1n) is 6.35. The van der Waals surface area contributed by atoms with Crippen LogP contribution < -0.4 is 0 Å². The molecule has 0 aliphatic rings. The molecule has 0 atom stereocenters. The summed E-state index contributed by atoms with van der Waals surface area (Å²) in [5.41, 5.74) is 2.18. The summed E-state index contributed by atoms with van der Waals surface area (Å²) in [7, 11) is 0. The molecule has 3 nitrogen and oxygen atoms in total. The van der Waals surface area contributed by atoms with Crippen LogP contribution in [0.1, 0.15) is 31.2 Å². The Hall–Kier alpha value is -1.98. The van der Waals surface area contributed by atoms with Crippen LogP contribution in [0.2, 0.25) is 0 Å². The van der Waals surface area contributed by atoms with E-state index in [0.717, 1.165) is 37.2 Å². The highest BCUT2D eigenvalue weighted by atomic mass is 19.4. The first kappa shape index (κ1) is 14.4. The maximum absolute atomic E-state index is 12.4. The molecule has 0 unspecified atom stereocenters. The van der Waals surface area contributed by atoms with Gasteiger partial charge in [0.25, 0.3) is 0 Å². The Bertz CT molecular complexity index is 565. The van der Waals surface area contributed by atoms with Crippen LogP contribution in [0.4, 0.5) is 13.2 Å². The number of aromatic nitrogens is 3. The van der Waals surface area contributed by atoms with Gasteiger partial charge in [0.1, 0.15) is 0 Å². The molecule has 0 saturated carbocycles. The molecule has 0 fully saturated rings. The van der Waals surface area contributed by atoms with E-state index in [2.05, 4.69) is 21.9 Å². The quantitative estimate of drug-likeness (QED) is 0.853. The molecule has 0 N–H and O–H groups in total. The van der Waals surface area contributed by atoms with E-state index in [-0.39, 0.29) is 0 Å². The molecule has 0 amide bonds. The van der Waals surface area contributed by atoms with E-state index >= 15 is 0 Å². The second-order valence-electron chi connectivity index (χ2n) is 4.45. The van der Waals surface area contributed by atoms with Crippen LogP contribution in [-0.4, -0.2) is 15.0 Å². The molecule has 20 heavy (non-hydrogen) atoms. The molecule has 0 spiro atoms. The first-order chi connectivity index (χ1) is 9.50. The Morgan fingerprint density at radius 2 is 1.80 bits per heavy atom. The molecule has 106 valence electrons. The lowest BCUT2D eigenvalue weighted by molar-refractivity contribution is -0.144. The van der Waals surface area contributed by atoms with Gasteiger partial charge in [-0.2, -0.15) is 13.2 Å². The summed E-state index contributed by atoms with van der Waals surface area (Å²) in [5, 5.41) is 0. The van der Waals surface area contributed by atoms with Crippen molar-refractivity contribution in [3.63, 3.8) is 0 Å². The van der Waals surface area contributed by atoms with E-state index in [1.165, 1.54) is 0 Å². The van der Waals surface area contributed by atoms with Crippen molar-refractivity contribution in [2.45, 2.75) is 32.4 Å². The largest absolute Gasteiger partial charge is 0.451 e. The number of unbranched alkanes of at least 4 members (excludes halogenated alkanes) is 1. The van der Waals surface area contributed by atoms with E-state index in [0.29, 0.717) is 11.3 Å². The third-order valence-electron chi connectivity index (χ3n) is 2.84. The third kappa shape index (κ3) is 3.53. The Morgan fingerprint density at radius 3 is 2.40 bits per heavy atom. The number of nitrogens with zero attached hydrogens (tertiary/aromatic N) is 3. The molecule has 0 bridgehead atoms. The minimum atomic E-state index is -4.52. The lowest BCUT2D eigenvalue weighted by Gasteiger charge is -2.06. The van der Waals surface area contributed by atoms with Gasteiger partial charge < -0.3 is 0 Å². The van der Waals surface area contributed by atoms with E-state index in [9.17, 15) is 13.2 Å². The van der Waals surface area contributed by atoms with Crippen molar-refractivity contribution < 1.29 is 13.2 Å². The molecule has 2 rings (SSSR count). The summed E-state index contributed by atoms with van der Waals surface area (Å²) in [6, 6.07) is 3.77. The highest BCUT2D eigenvalue weighted by molar-refractivity contribution is 5.57. The van der Waals surface area contributed by atoms with Gasteiger partial charge in [-0.05, 0) is 30.5 Å².